The van der Waals surface area contributed by atoms with Crippen molar-refractivity contribution < 1.29 is 12.9 Å². The van der Waals surface area contributed by atoms with Gasteiger partial charge < -0.3 is 4.52 Å². The molecule has 126 valence electrons. The topological polar surface area (TPSA) is 63.4 Å². The minimum atomic E-state index is -3.49. The van der Waals surface area contributed by atoms with Crippen molar-refractivity contribution in [2.24, 2.45) is 0 Å². The van der Waals surface area contributed by atoms with Gasteiger partial charge in [0.1, 0.15) is 9.90 Å². The molecule has 2 aromatic heterocycles. The molecule has 1 saturated heterocycles. The fourth-order valence-electron chi connectivity index (χ4n) is 3.28. The van der Waals surface area contributed by atoms with E-state index in [0.717, 1.165) is 35.0 Å². The van der Waals surface area contributed by atoms with E-state index in [9.17, 15) is 8.42 Å². The highest BCUT2D eigenvalue weighted by Crippen LogP contribution is 2.40. The van der Waals surface area contributed by atoms with E-state index >= 15 is 0 Å². The molecule has 3 aromatic rings. The van der Waals surface area contributed by atoms with Gasteiger partial charge >= 0.3 is 0 Å². The van der Waals surface area contributed by atoms with Crippen LogP contribution in [0.5, 0.6) is 0 Å². The summed E-state index contributed by atoms with van der Waals surface area (Å²) in [5.41, 5.74) is 3.73. The Morgan fingerprint density at radius 3 is 2.83 bits per heavy atom. The van der Waals surface area contributed by atoms with E-state index in [4.69, 9.17) is 4.52 Å². The van der Waals surface area contributed by atoms with Crippen LogP contribution >= 0.6 is 11.3 Å². The smallest absolute Gasteiger partial charge is 0.253 e. The molecular formula is C17H18N2O3S2. The monoisotopic (exact) mass is 362 g/mol. The molecule has 0 amide bonds. The molecule has 0 aliphatic carbocycles. The maximum absolute atomic E-state index is 12.9. The Morgan fingerprint density at radius 2 is 2.08 bits per heavy atom. The molecule has 0 spiro atoms. The standard InChI is InChI=1S/C17H18N2O3S2/c1-11-9-13-15(10-12(11)2)22-18-17(13)14-5-3-7-19(14)24(20,21)16-6-4-8-23-16/h4,6,8-10,14H,3,5,7H2,1-2H3/t14-/m1/s1. The van der Waals surface area contributed by atoms with E-state index in [1.165, 1.54) is 11.3 Å². The molecule has 0 saturated carbocycles. The zero-order valence-corrected chi connectivity index (χ0v) is 15.2. The average Bonchev–Trinajstić information content (AvgIpc) is 3.27. The van der Waals surface area contributed by atoms with Crippen LogP contribution in [0.4, 0.5) is 0 Å². The normalized spacial score (nSPS) is 19.3. The zero-order chi connectivity index (χ0) is 16.9. The molecule has 5 nitrogen and oxygen atoms in total. The fraction of sp³-hybridized carbons (Fsp3) is 0.353. The second kappa shape index (κ2) is 5.68. The first-order chi connectivity index (χ1) is 11.5. The summed E-state index contributed by atoms with van der Waals surface area (Å²) in [6, 6.07) is 7.17. The van der Waals surface area contributed by atoms with Crippen LogP contribution in [0.15, 0.2) is 38.4 Å². The van der Waals surface area contributed by atoms with Crippen LogP contribution in [-0.4, -0.2) is 24.4 Å². The lowest BCUT2D eigenvalue weighted by atomic mass is 10.0. The highest BCUT2D eigenvalue weighted by molar-refractivity contribution is 7.91. The number of thiophene rings is 1. The van der Waals surface area contributed by atoms with E-state index in [1.54, 1.807) is 21.8 Å². The second-order valence-corrected chi connectivity index (χ2v) is 9.27. The van der Waals surface area contributed by atoms with E-state index in [2.05, 4.69) is 5.16 Å². The first-order valence-electron chi connectivity index (χ1n) is 7.90. The third-order valence-electron chi connectivity index (χ3n) is 4.69. The van der Waals surface area contributed by atoms with Gasteiger partial charge in [-0.05, 0) is 61.4 Å². The van der Waals surface area contributed by atoms with Crippen molar-refractivity contribution in [3.63, 3.8) is 0 Å². The number of nitrogens with zero attached hydrogens (tertiary/aromatic N) is 2. The summed E-state index contributed by atoms with van der Waals surface area (Å²) in [7, 11) is -3.49. The Kier molecular flexibility index (Phi) is 3.74. The number of rotatable bonds is 3. The number of benzene rings is 1. The van der Waals surface area contributed by atoms with Crippen molar-refractivity contribution in [1.82, 2.24) is 9.46 Å². The SMILES string of the molecule is Cc1cc2onc([C@H]3CCCN3S(=O)(=O)c3cccs3)c2cc1C. The summed E-state index contributed by atoms with van der Waals surface area (Å²) in [6.07, 6.45) is 1.59. The molecule has 0 radical (unpaired) electrons. The number of aryl methyl sites for hydroxylation is 2. The Hall–Kier alpha value is -1.70. The van der Waals surface area contributed by atoms with Crippen molar-refractivity contribution in [2.45, 2.75) is 36.9 Å². The minimum absolute atomic E-state index is 0.263. The molecule has 0 bridgehead atoms. The van der Waals surface area contributed by atoms with Crippen molar-refractivity contribution in [3.05, 3.63) is 46.5 Å². The molecular weight excluding hydrogens is 344 g/mol. The Balaban J connectivity index is 1.80. The van der Waals surface area contributed by atoms with Gasteiger partial charge in [0.25, 0.3) is 10.0 Å². The van der Waals surface area contributed by atoms with Gasteiger partial charge in [0, 0.05) is 11.9 Å². The number of hydrogen-bond donors (Lipinski definition) is 0. The number of sulfonamides is 1. The predicted octanol–water partition coefficient (Wildman–Crippen LogP) is 4.03. The van der Waals surface area contributed by atoms with E-state index < -0.39 is 10.0 Å². The molecule has 1 fully saturated rings. The van der Waals surface area contributed by atoms with Crippen molar-refractivity contribution >= 4 is 32.3 Å². The lowest BCUT2D eigenvalue weighted by Crippen LogP contribution is -2.30. The van der Waals surface area contributed by atoms with Crippen molar-refractivity contribution in [2.75, 3.05) is 6.54 Å². The molecule has 0 unspecified atom stereocenters. The van der Waals surface area contributed by atoms with Crippen LogP contribution in [0.2, 0.25) is 0 Å². The Morgan fingerprint density at radius 1 is 1.29 bits per heavy atom. The molecule has 1 aliphatic rings. The van der Waals surface area contributed by atoms with Crippen molar-refractivity contribution in [1.29, 1.82) is 0 Å². The largest absolute Gasteiger partial charge is 0.356 e. The number of hydrogen-bond acceptors (Lipinski definition) is 5. The third-order valence-corrected chi connectivity index (χ3v) is 7.97. The van der Waals surface area contributed by atoms with Crippen LogP contribution in [0.3, 0.4) is 0 Å². The molecule has 1 aromatic carbocycles. The minimum Gasteiger partial charge on any atom is -0.356 e. The van der Waals surface area contributed by atoms with Crippen molar-refractivity contribution in [3.8, 4) is 0 Å². The van der Waals surface area contributed by atoms with Crippen LogP contribution in [0.25, 0.3) is 11.0 Å². The van der Waals surface area contributed by atoms with Gasteiger partial charge in [0.15, 0.2) is 5.58 Å². The summed E-state index contributed by atoms with van der Waals surface area (Å²) >= 11 is 1.25. The molecule has 7 heteroatoms. The molecule has 3 heterocycles. The van der Waals surface area contributed by atoms with E-state index in [0.29, 0.717) is 16.3 Å². The molecule has 24 heavy (non-hydrogen) atoms. The second-order valence-electron chi connectivity index (χ2n) is 6.21. The summed E-state index contributed by atoms with van der Waals surface area (Å²) < 4.78 is 33.3. The van der Waals surface area contributed by atoms with Gasteiger partial charge in [0.2, 0.25) is 0 Å². The summed E-state index contributed by atoms with van der Waals surface area (Å²) in [5.74, 6) is 0. The van der Waals surface area contributed by atoms with E-state index in [1.807, 2.05) is 26.0 Å². The number of aromatic nitrogens is 1. The summed E-state index contributed by atoms with van der Waals surface area (Å²) in [5, 5.41) is 6.93. The van der Waals surface area contributed by atoms with Gasteiger partial charge in [0.05, 0.1) is 6.04 Å². The van der Waals surface area contributed by atoms with Gasteiger partial charge in [-0.15, -0.1) is 11.3 Å². The van der Waals surface area contributed by atoms with Crippen LogP contribution in [-0.2, 0) is 10.0 Å². The third kappa shape index (κ3) is 2.39. The van der Waals surface area contributed by atoms with Gasteiger partial charge in [-0.3, -0.25) is 0 Å². The quantitative estimate of drug-likeness (QED) is 0.706. The molecule has 0 N–H and O–H groups in total. The Labute approximate surface area is 144 Å². The first-order valence-corrected chi connectivity index (χ1v) is 10.2. The highest BCUT2D eigenvalue weighted by atomic mass is 32.2. The van der Waals surface area contributed by atoms with Crippen LogP contribution in [0, 0.1) is 13.8 Å². The maximum atomic E-state index is 12.9. The van der Waals surface area contributed by atoms with E-state index in [-0.39, 0.29) is 6.04 Å². The van der Waals surface area contributed by atoms with Crippen LogP contribution in [0.1, 0.15) is 35.7 Å². The number of fused-ring (bicyclic) bond motifs is 1. The zero-order valence-electron chi connectivity index (χ0n) is 13.5. The van der Waals surface area contributed by atoms with Gasteiger partial charge in [-0.1, -0.05) is 11.2 Å². The molecule has 4 rings (SSSR count). The predicted molar refractivity (Wildman–Crippen MR) is 93.7 cm³/mol. The summed E-state index contributed by atoms with van der Waals surface area (Å²) in [4.78, 5) is 0. The van der Waals surface area contributed by atoms with Gasteiger partial charge in [-0.25, -0.2) is 8.42 Å². The molecule has 1 atom stereocenters. The van der Waals surface area contributed by atoms with Crippen LogP contribution < -0.4 is 0 Å². The van der Waals surface area contributed by atoms with Gasteiger partial charge in [-0.2, -0.15) is 4.31 Å². The Bertz CT molecular complexity index is 990. The first kappa shape index (κ1) is 15.8. The maximum Gasteiger partial charge on any atom is 0.253 e. The fourth-order valence-corrected chi connectivity index (χ4v) is 6.06. The average molecular weight is 362 g/mol. The molecule has 1 aliphatic heterocycles. The summed E-state index contributed by atoms with van der Waals surface area (Å²) in [6.45, 7) is 4.59. The lowest BCUT2D eigenvalue weighted by molar-refractivity contribution is 0.367. The highest BCUT2D eigenvalue weighted by Gasteiger charge is 2.39. The lowest BCUT2D eigenvalue weighted by Gasteiger charge is -2.21.